The van der Waals surface area contributed by atoms with Crippen LogP contribution in [0.1, 0.15) is 27.8 Å². The Bertz CT molecular complexity index is 1290. The highest BCUT2D eigenvalue weighted by Crippen LogP contribution is 2.39. The molecule has 0 aliphatic carbocycles. The summed E-state index contributed by atoms with van der Waals surface area (Å²) in [4.78, 5) is 30.7. The number of hydrogen-bond acceptors (Lipinski definition) is 3. The first-order chi connectivity index (χ1) is 15.9. The van der Waals surface area contributed by atoms with Crippen LogP contribution in [0.2, 0.25) is 0 Å². The highest BCUT2D eigenvalue weighted by molar-refractivity contribution is 6.37. The van der Waals surface area contributed by atoms with Crippen molar-refractivity contribution in [3.05, 3.63) is 106 Å². The number of fused-ring (bicyclic) bond motifs is 1. The summed E-state index contributed by atoms with van der Waals surface area (Å²) in [6.45, 7) is 4.90. The minimum atomic E-state index is -0.305. The van der Waals surface area contributed by atoms with Crippen LogP contribution in [0.3, 0.4) is 0 Å². The maximum Gasteiger partial charge on any atom is 0.278 e. The van der Waals surface area contributed by atoms with Crippen LogP contribution < -0.4 is 4.90 Å². The minimum absolute atomic E-state index is 0.247. The molecular formula is C28H25FN2O2. The van der Waals surface area contributed by atoms with Crippen molar-refractivity contribution in [2.45, 2.75) is 26.7 Å². The summed E-state index contributed by atoms with van der Waals surface area (Å²) in [5, 5.41) is 0. The normalized spacial score (nSPS) is 15.6. The molecule has 0 saturated carbocycles. The fourth-order valence-electron chi connectivity index (χ4n) is 4.82. The lowest BCUT2D eigenvalue weighted by Gasteiger charge is -2.22. The first kappa shape index (κ1) is 21.1. The average molecular weight is 441 g/mol. The van der Waals surface area contributed by atoms with Crippen LogP contribution in [-0.2, 0) is 22.4 Å². The third kappa shape index (κ3) is 3.74. The molecule has 0 radical (unpaired) electrons. The molecule has 0 bridgehead atoms. The van der Waals surface area contributed by atoms with Gasteiger partial charge in [-0.15, -0.1) is 0 Å². The van der Waals surface area contributed by atoms with Crippen molar-refractivity contribution in [2.75, 3.05) is 18.0 Å². The maximum atomic E-state index is 13.7. The van der Waals surface area contributed by atoms with Crippen molar-refractivity contribution in [1.29, 1.82) is 0 Å². The molecule has 0 spiro atoms. The predicted octanol–water partition coefficient (Wildman–Crippen LogP) is 4.83. The van der Waals surface area contributed by atoms with Gasteiger partial charge in [0.15, 0.2) is 0 Å². The average Bonchev–Trinajstić information content (AvgIpc) is 3.32. The molecule has 0 unspecified atom stereocenters. The van der Waals surface area contributed by atoms with E-state index >= 15 is 0 Å². The number of halogens is 1. The third-order valence-electron chi connectivity index (χ3n) is 6.49. The monoisotopic (exact) mass is 440 g/mol. The van der Waals surface area contributed by atoms with Crippen molar-refractivity contribution in [3.63, 3.8) is 0 Å². The van der Waals surface area contributed by atoms with Gasteiger partial charge in [-0.1, -0.05) is 54.1 Å². The molecule has 2 heterocycles. The van der Waals surface area contributed by atoms with E-state index in [2.05, 4.69) is 6.07 Å². The molecule has 0 atom stereocenters. The number of anilines is 1. The molecule has 2 aliphatic heterocycles. The Morgan fingerprint density at radius 2 is 1.67 bits per heavy atom. The third-order valence-corrected chi connectivity index (χ3v) is 6.49. The highest BCUT2D eigenvalue weighted by Gasteiger charge is 2.43. The number of hydrogen-bond donors (Lipinski definition) is 0. The highest BCUT2D eigenvalue weighted by atomic mass is 19.1. The second-order valence-corrected chi connectivity index (χ2v) is 8.71. The van der Waals surface area contributed by atoms with Crippen molar-refractivity contribution >= 4 is 23.1 Å². The number of carbonyl (C=O) groups is 2. The van der Waals surface area contributed by atoms with Crippen molar-refractivity contribution in [1.82, 2.24) is 4.90 Å². The van der Waals surface area contributed by atoms with Gasteiger partial charge in [0, 0.05) is 18.8 Å². The van der Waals surface area contributed by atoms with E-state index in [9.17, 15) is 14.0 Å². The number of nitrogens with zero attached hydrogens (tertiary/aromatic N) is 2. The smallest absolute Gasteiger partial charge is 0.278 e. The van der Waals surface area contributed by atoms with E-state index < -0.39 is 0 Å². The van der Waals surface area contributed by atoms with Crippen LogP contribution in [0.5, 0.6) is 0 Å². The van der Waals surface area contributed by atoms with Gasteiger partial charge < -0.3 is 4.90 Å². The summed E-state index contributed by atoms with van der Waals surface area (Å²) < 4.78 is 13.3. The van der Waals surface area contributed by atoms with Crippen LogP contribution in [0.25, 0.3) is 5.57 Å². The molecule has 0 aromatic heterocycles. The molecule has 5 rings (SSSR count). The summed E-state index contributed by atoms with van der Waals surface area (Å²) in [6, 6.07) is 20.2. The van der Waals surface area contributed by atoms with Gasteiger partial charge in [0.2, 0.25) is 0 Å². The number of imide groups is 1. The zero-order valence-electron chi connectivity index (χ0n) is 18.8. The molecule has 4 nitrogen and oxygen atoms in total. The van der Waals surface area contributed by atoms with E-state index in [-0.39, 0.29) is 24.2 Å². The van der Waals surface area contributed by atoms with Crippen LogP contribution in [0.4, 0.5) is 10.1 Å². The Hall–Kier alpha value is -3.73. The molecule has 2 amide bonds. The number of carbonyl (C=O) groups excluding carboxylic acids is 2. The molecule has 3 aromatic carbocycles. The van der Waals surface area contributed by atoms with E-state index in [1.807, 2.05) is 55.1 Å². The van der Waals surface area contributed by atoms with Crippen LogP contribution >= 0.6 is 0 Å². The van der Waals surface area contributed by atoms with Crippen molar-refractivity contribution in [3.8, 4) is 0 Å². The molecule has 3 aromatic rings. The fraction of sp³-hybridized carbons (Fsp3) is 0.214. The number of rotatable bonds is 5. The SMILES string of the molecule is Cc1ccc(C2=C(N3CCc4ccccc43)C(=O)N(CCc3ccc(F)cc3)C2=O)c(C)c1. The maximum absolute atomic E-state index is 13.7. The van der Waals surface area contributed by atoms with E-state index in [4.69, 9.17) is 0 Å². The molecule has 0 fully saturated rings. The lowest BCUT2D eigenvalue weighted by Crippen LogP contribution is -2.36. The second-order valence-electron chi connectivity index (χ2n) is 8.71. The van der Waals surface area contributed by atoms with E-state index in [0.29, 0.717) is 24.2 Å². The number of para-hydroxylation sites is 1. The van der Waals surface area contributed by atoms with Crippen LogP contribution in [0.15, 0.2) is 72.4 Å². The fourth-order valence-corrected chi connectivity index (χ4v) is 4.82. The van der Waals surface area contributed by atoms with E-state index in [1.54, 1.807) is 12.1 Å². The Labute approximate surface area is 193 Å². The van der Waals surface area contributed by atoms with Gasteiger partial charge in [-0.3, -0.25) is 14.5 Å². The Balaban J connectivity index is 1.55. The second kappa shape index (κ2) is 8.32. The molecule has 33 heavy (non-hydrogen) atoms. The summed E-state index contributed by atoms with van der Waals surface area (Å²) in [5.74, 6) is -0.844. The molecule has 2 aliphatic rings. The summed E-state index contributed by atoms with van der Waals surface area (Å²) in [5.41, 5.74) is 6.83. The first-order valence-corrected chi connectivity index (χ1v) is 11.2. The molecule has 166 valence electrons. The van der Waals surface area contributed by atoms with Crippen LogP contribution in [-0.4, -0.2) is 29.8 Å². The molecular weight excluding hydrogens is 415 g/mol. The minimum Gasteiger partial charge on any atom is -0.336 e. The number of aryl methyl sites for hydroxylation is 2. The zero-order valence-corrected chi connectivity index (χ0v) is 18.8. The number of benzene rings is 3. The predicted molar refractivity (Wildman–Crippen MR) is 127 cm³/mol. The summed E-state index contributed by atoms with van der Waals surface area (Å²) in [6.07, 6.45) is 1.30. The summed E-state index contributed by atoms with van der Waals surface area (Å²) >= 11 is 0. The largest absolute Gasteiger partial charge is 0.336 e. The Kier molecular flexibility index (Phi) is 5.33. The first-order valence-electron chi connectivity index (χ1n) is 11.2. The van der Waals surface area contributed by atoms with Gasteiger partial charge in [-0.05, 0) is 67.1 Å². The van der Waals surface area contributed by atoms with Gasteiger partial charge in [-0.2, -0.15) is 0 Å². The molecule has 0 saturated heterocycles. The van der Waals surface area contributed by atoms with Crippen molar-refractivity contribution < 1.29 is 14.0 Å². The van der Waals surface area contributed by atoms with Gasteiger partial charge in [0.25, 0.3) is 11.8 Å². The topological polar surface area (TPSA) is 40.6 Å². The van der Waals surface area contributed by atoms with Gasteiger partial charge in [-0.25, -0.2) is 4.39 Å². The lowest BCUT2D eigenvalue weighted by molar-refractivity contribution is -0.136. The molecule has 0 N–H and O–H groups in total. The van der Waals surface area contributed by atoms with E-state index in [1.165, 1.54) is 22.6 Å². The van der Waals surface area contributed by atoms with Gasteiger partial charge in [0.1, 0.15) is 11.5 Å². The van der Waals surface area contributed by atoms with Crippen molar-refractivity contribution in [2.24, 2.45) is 0 Å². The zero-order chi connectivity index (χ0) is 23.1. The Morgan fingerprint density at radius 3 is 2.42 bits per heavy atom. The number of amides is 2. The Morgan fingerprint density at radius 1 is 0.909 bits per heavy atom. The van der Waals surface area contributed by atoms with E-state index in [0.717, 1.165) is 34.4 Å². The molecule has 5 heteroatoms. The van der Waals surface area contributed by atoms with Gasteiger partial charge >= 0.3 is 0 Å². The lowest BCUT2D eigenvalue weighted by atomic mass is 9.97. The quantitative estimate of drug-likeness (QED) is 0.534. The summed E-state index contributed by atoms with van der Waals surface area (Å²) in [7, 11) is 0. The van der Waals surface area contributed by atoms with Crippen LogP contribution in [0, 0.1) is 19.7 Å². The standard InChI is InChI=1S/C28H25FN2O2/c1-18-7-12-23(19(2)17-18)25-26(30-16-14-21-5-3-4-6-24(21)30)28(33)31(27(25)32)15-13-20-8-10-22(29)11-9-20/h3-12,17H,13-16H2,1-2H3. The van der Waals surface area contributed by atoms with Gasteiger partial charge in [0.05, 0.1) is 5.57 Å².